The van der Waals surface area contributed by atoms with E-state index in [2.05, 4.69) is 26.1 Å². The molecule has 0 aromatic carbocycles. The fourth-order valence-electron chi connectivity index (χ4n) is 2.68. The summed E-state index contributed by atoms with van der Waals surface area (Å²) in [5.41, 5.74) is 0.0312. The van der Waals surface area contributed by atoms with Crippen molar-refractivity contribution in [1.29, 1.82) is 0 Å². The first-order valence-corrected chi connectivity index (χ1v) is 9.09. The lowest BCUT2D eigenvalue weighted by molar-refractivity contribution is 0.184. The molecule has 0 radical (unpaired) electrons. The molecule has 0 bridgehead atoms. The highest BCUT2D eigenvalue weighted by Crippen LogP contribution is 2.32. The predicted octanol–water partition coefficient (Wildman–Crippen LogP) is 2.59. The first-order valence-electron chi connectivity index (χ1n) is 7.65. The maximum Gasteiger partial charge on any atom is 0.276 e. The largest absolute Gasteiger partial charge is 0.447 e. The molecular weight excluding hydrogens is 288 g/mol. The number of sulfonamides is 1. The summed E-state index contributed by atoms with van der Waals surface area (Å²) in [5, 5.41) is 3.27. The molecule has 5 nitrogen and oxygen atoms in total. The Balaban J connectivity index is 2.09. The Hall–Kier alpha value is -0.850. The lowest BCUT2D eigenvalue weighted by atomic mass is 9.85. The van der Waals surface area contributed by atoms with E-state index in [9.17, 15) is 8.42 Å². The minimum absolute atomic E-state index is 0.0312. The van der Waals surface area contributed by atoms with Crippen LogP contribution in [0.2, 0.25) is 0 Å². The van der Waals surface area contributed by atoms with Gasteiger partial charge in [-0.1, -0.05) is 20.8 Å². The van der Waals surface area contributed by atoms with Gasteiger partial charge in [0.15, 0.2) is 0 Å². The molecule has 0 amide bonds. The average molecular weight is 314 g/mol. The molecule has 1 aromatic rings. The Morgan fingerprint density at radius 1 is 1.38 bits per heavy atom. The van der Waals surface area contributed by atoms with Crippen LogP contribution in [0, 0.1) is 5.41 Å². The highest BCUT2D eigenvalue weighted by molar-refractivity contribution is 7.89. The van der Waals surface area contributed by atoms with Gasteiger partial charge in [0, 0.05) is 13.1 Å². The molecule has 0 unspecified atom stereocenters. The minimum Gasteiger partial charge on any atom is -0.447 e. The minimum atomic E-state index is -3.50. The van der Waals surface area contributed by atoms with Crippen molar-refractivity contribution in [3.05, 3.63) is 17.9 Å². The SMILES string of the molecule is CCCNCc1ccc(S(=O)(=O)N2CCCC(C)(C)C2)o1. The summed E-state index contributed by atoms with van der Waals surface area (Å²) in [6.07, 6.45) is 3.00. The van der Waals surface area contributed by atoms with Crippen LogP contribution in [0.3, 0.4) is 0 Å². The third-order valence-electron chi connectivity index (χ3n) is 3.82. The van der Waals surface area contributed by atoms with Crippen LogP contribution < -0.4 is 5.32 Å². The van der Waals surface area contributed by atoms with Gasteiger partial charge in [-0.25, -0.2) is 8.42 Å². The van der Waals surface area contributed by atoms with Gasteiger partial charge in [0.1, 0.15) is 5.76 Å². The average Bonchev–Trinajstić information content (AvgIpc) is 2.87. The second-order valence-electron chi connectivity index (χ2n) is 6.50. The van der Waals surface area contributed by atoms with Crippen molar-refractivity contribution < 1.29 is 12.8 Å². The van der Waals surface area contributed by atoms with E-state index in [1.165, 1.54) is 0 Å². The van der Waals surface area contributed by atoms with Crippen molar-refractivity contribution in [3.63, 3.8) is 0 Å². The molecule has 0 aliphatic carbocycles. The van der Waals surface area contributed by atoms with Gasteiger partial charge >= 0.3 is 0 Å². The van der Waals surface area contributed by atoms with Crippen LogP contribution >= 0.6 is 0 Å². The molecule has 0 spiro atoms. The smallest absolute Gasteiger partial charge is 0.276 e. The predicted molar refractivity (Wildman–Crippen MR) is 82.5 cm³/mol. The number of furan rings is 1. The van der Waals surface area contributed by atoms with E-state index in [0.717, 1.165) is 25.8 Å². The van der Waals surface area contributed by atoms with Crippen LogP contribution in [0.4, 0.5) is 0 Å². The zero-order valence-electron chi connectivity index (χ0n) is 13.2. The molecule has 21 heavy (non-hydrogen) atoms. The molecule has 120 valence electrons. The fraction of sp³-hybridized carbons (Fsp3) is 0.733. The standard InChI is InChI=1S/C15H26N2O3S/c1-4-9-16-11-13-6-7-14(20-13)21(18,19)17-10-5-8-15(2,3)12-17/h6-7,16H,4-5,8-12H2,1-3H3. The van der Waals surface area contributed by atoms with Crippen LogP contribution in [-0.4, -0.2) is 32.4 Å². The van der Waals surface area contributed by atoms with E-state index in [4.69, 9.17) is 4.42 Å². The molecule has 0 saturated carbocycles. The zero-order valence-corrected chi connectivity index (χ0v) is 14.0. The highest BCUT2D eigenvalue weighted by atomic mass is 32.2. The first-order chi connectivity index (χ1) is 9.85. The molecule has 1 aromatic heterocycles. The van der Waals surface area contributed by atoms with Crippen molar-refractivity contribution >= 4 is 10.0 Å². The Morgan fingerprint density at radius 3 is 2.81 bits per heavy atom. The van der Waals surface area contributed by atoms with Gasteiger partial charge in [-0.15, -0.1) is 0 Å². The summed E-state index contributed by atoms with van der Waals surface area (Å²) >= 11 is 0. The van der Waals surface area contributed by atoms with Gasteiger partial charge in [-0.3, -0.25) is 0 Å². The van der Waals surface area contributed by atoms with E-state index >= 15 is 0 Å². The third-order valence-corrected chi connectivity index (χ3v) is 5.54. The number of hydrogen-bond acceptors (Lipinski definition) is 4. The van der Waals surface area contributed by atoms with Crippen molar-refractivity contribution in [2.75, 3.05) is 19.6 Å². The van der Waals surface area contributed by atoms with Gasteiger partial charge < -0.3 is 9.73 Å². The Bertz CT molecular complexity index is 563. The number of piperidine rings is 1. The molecule has 1 fully saturated rings. The molecule has 1 aliphatic heterocycles. The van der Waals surface area contributed by atoms with Crippen molar-refractivity contribution in [3.8, 4) is 0 Å². The van der Waals surface area contributed by atoms with Gasteiger partial charge in [0.05, 0.1) is 6.54 Å². The van der Waals surface area contributed by atoms with E-state index in [-0.39, 0.29) is 10.5 Å². The van der Waals surface area contributed by atoms with E-state index in [0.29, 0.717) is 25.4 Å². The molecular formula is C15H26N2O3S. The lowest BCUT2D eigenvalue weighted by Gasteiger charge is -2.36. The maximum absolute atomic E-state index is 12.6. The molecule has 2 heterocycles. The second kappa shape index (κ2) is 6.50. The summed E-state index contributed by atoms with van der Waals surface area (Å²) in [6.45, 7) is 8.89. The normalized spacial score (nSPS) is 19.8. The summed E-state index contributed by atoms with van der Waals surface area (Å²) < 4.78 is 32.3. The second-order valence-corrected chi connectivity index (χ2v) is 8.37. The Kier molecular flexibility index (Phi) is 5.11. The molecule has 1 saturated heterocycles. The van der Waals surface area contributed by atoms with Crippen LogP contribution in [0.5, 0.6) is 0 Å². The summed E-state index contributed by atoms with van der Waals surface area (Å²) in [7, 11) is -3.50. The summed E-state index contributed by atoms with van der Waals surface area (Å²) in [5.74, 6) is 0.665. The number of hydrogen-bond donors (Lipinski definition) is 1. The number of nitrogens with zero attached hydrogens (tertiary/aromatic N) is 1. The maximum atomic E-state index is 12.6. The van der Waals surface area contributed by atoms with E-state index in [1.54, 1.807) is 16.4 Å². The quantitative estimate of drug-likeness (QED) is 0.820. The molecule has 1 aliphatic rings. The van der Waals surface area contributed by atoms with E-state index < -0.39 is 10.0 Å². The van der Waals surface area contributed by atoms with Crippen molar-refractivity contribution in [1.82, 2.24) is 9.62 Å². The number of rotatable bonds is 6. The Labute approximate surface area is 127 Å². The van der Waals surface area contributed by atoms with Crippen molar-refractivity contribution in [2.45, 2.75) is 51.7 Å². The van der Waals surface area contributed by atoms with Gasteiger partial charge in [0.2, 0.25) is 5.09 Å². The molecule has 2 rings (SSSR count). The first kappa shape index (κ1) is 16.5. The zero-order chi connectivity index (χ0) is 15.5. The summed E-state index contributed by atoms with van der Waals surface area (Å²) in [6, 6.07) is 3.31. The monoisotopic (exact) mass is 314 g/mol. The summed E-state index contributed by atoms with van der Waals surface area (Å²) in [4.78, 5) is 0. The van der Waals surface area contributed by atoms with Gasteiger partial charge in [-0.2, -0.15) is 4.31 Å². The van der Waals surface area contributed by atoms with Crippen LogP contribution in [-0.2, 0) is 16.6 Å². The van der Waals surface area contributed by atoms with Gasteiger partial charge in [-0.05, 0) is 43.4 Å². The van der Waals surface area contributed by atoms with Crippen LogP contribution in [0.1, 0.15) is 45.8 Å². The Morgan fingerprint density at radius 2 is 2.14 bits per heavy atom. The van der Waals surface area contributed by atoms with E-state index in [1.807, 2.05) is 0 Å². The van der Waals surface area contributed by atoms with Crippen molar-refractivity contribution in [2.24, 2.45) is 5.41 Å². The van der Waals surface area contributed by atoms with Crippen LogP contribution in [0.15, 0.2) is 21.6 Å². The molecule has 0 atom stereocenters. The van der Waals surface area contributed by atoms with Gasteiger partial charge in [0.25, 0.3) is 10.0 Å². The fourth-order valence-corrected chi connectivity index (χ4v) is 4.28. The molecule has 6 heteroatoms. The topological polar surface area (TPSA) is 62.6 Å². The number of nitrogens with one attached hydrogen (secondary N) is 1. The molecule has 1 N–H and O–H groups in total. The lowest BCUT2D eigenvalue weighted by Crippen LogP contribution is -2.43. The van der Waals surface area contributed by atoms with Crippen LogP contribution in [0.25, 0.3) is 0 Å². The third kappa shape index (κ3) is 4.08. The highest BCUT2D eigenvalue weighted by Gasteiger charge is 2.35.